The van der Waals surface area contributed by atoms with Gasteiger partial charge in [-0.05, 0) is 18.6 Å². The van der Waals surface area contributed by atoms with Gasteiger partial charge in [-0.1, -0.05) is 30.3 Å². The number of carboxylic acid groups (broad SMARTS) is 1. The van der Waals surface area contributed by atoms with Crippen LogP contribution < -0.4 is 0 Å². The maximum absolute atomic E-state index is 12.2. The fourth-order valence-corrected chi connectivity index (χ4v) is 2.58. The summed E-state index contributed by atoms with van der Waals surface area (Å²) in [6.45, 7) is 1.81. The van der Waals surface area contributed by atoms with Crippen molar-refractivity contribution in [2.45, 2.75) is 13.5 Å². The molecule has 0 unspecified atom stereocenters. The Labute approximate surface area is 132 Å². The number of hydrogen-bond donors (Lipinski definition) is 1. The van der Waals surface area contributed by atoms with E-state index in [0.717, 1.165) is 15.4 Å². The van der Waals surface area contributed by atoms with Crippen LogP contribution in [0.25, 0.3) is 6.08 Å². The Morgan fingerprint density at radius 2 is 2.05 bits per heavy atom. The number of nitrogens with zero attached hydrogens (tertiary/aromatic N) is 2. The molecule has 1 aromatic carbocycles. The minimum atomic E-state index is -1.04. The Balaban J connectivity index is 2.08. The van der Waals surface area contributed by atoms with Gasteiger partial charge in [-0.3, -0.25) is 9.59 Å². The van der Waals surface area contributed by atoms with Gasteiger partial charge >= 0.3 is 5.97 Å². The number of carbonyl (C=O) groups is 2. The smallest absolute Gasteiger partial charge is 0.323 e. The summed E-state index contributed by atoms with van der Waals surface area (Å²) < 4.78 is 0. The topological polar surface area (TPSA) is 70.5 Å². The first-order valence-electron chi connectivity index (χ1n) is 6.70. The number of benzene rings is 1. The normalized spacial score (nSPS) is 10.8. The molecule has 0 atom stereocenters. The van der Waals surface area contributed by atoms with Gasteiger partial charge in [-0.2, -0.15) is 0 Å². The van der Waals surface area contributed by atoms with Gasteiger partial charge in [0, 0.05) is 23.7 Å². The summed E-state index contributed by atoms with van der Waals surface area (Å²) in [5.74, 6) is -1.37. The number of hydrogen-bond acceptors (Lipinski definition) is 4. The molecule has 0 aliphatic carbocycles. The van der Waals surface area contributed by atoms with Crippen LogP contribution in [0, 0.1) is 6.92 Å². The van der Waals surface area contributed by atoms with Gasteiger partial charge in [0.1, 0.15) is 6.54 Å². The number of amides is 1. The van der Waals surface area contributed by atoms with Gasteiger partial charge in [0.05, 0.1) is 5.01 Å². The molecule has 0 aliphatic heterocycles. The Hall–Kier alpha value is -2.47. The minimum absolute atomic E-state index is 0.262. The molecule has 114 valence electrons. The number of carbonyl (C=O) groups excluding carboxylic acids is 1. The quantitative estimate of drug-likeness (QED) is 0.832. The zero-order chi connectivity index (χ0) is 15.9. The molecule has 0 fully saturated rings. The predicted octanol–water partition coefficient (Wildman–Crippen LogP) is 2.58. The molecule has 0 spiro atoms. The van der Waals surface area contributed by atoms with E-state index in [1.165, 1.54) is 22.3 Å². The minimum Gasteiger partial charge on any atom is -0.480 e. The van der Waals surface area contributed by atoms with Crippen LogP contribution in [-0.2, 0) is 16.1 Å². The van der Waals surface area contributed by atoms with Gasteiger partial charge in [0.15, 0.2) is 0 Å². The molecule has 1 N–H and O–H groups in total. The predicted molar refractivity (Wildman–Crippen MR) is 85.4 cm³/mol. The Morgan fingerprint density at radius 3 is 2.64 bits per heavy atom. The molecular formula is C16H16N2O3S. The lowest BCUT2D eigenvalue weighted by Gasteiger charge is -2.19. The average Bonchev–Trinajstić information content (AvgIpc) is 2.90. The summed E-state index contributed by atoms with van der Waals surface area (Å²) in [7, 11) is 0. The van der Waals surface area contributed by atoms with Crippen molar-refractivity contribution >= 4 is 29.3 Å². The second-order valence-electron chi connectivity index (χ2n) is 4.69. The first-order chi connectivity index (χ1) is 10.5. The maximum Gasteiger partial charge on any atom is 0.323 e. The maximum atomic E-state index is 12.2. The highest BCUT2D eigenvalue weighted by molar-refractivity contribution is 7.12. The first kappa shape index (κ1) is 15.9. The van der Waals surface area contributed by atoms with Crippen LogP contribution in [0.1, 0.15) is 15.4 Å². The number of rotatable bonds is 6. The van der Waals surface area contributed by atoms with Crippen molar-refractivity contribution in [1.29, 1.82) is 0 Å². The van der Waals surface area contributed by atoms with E-state index in [4.69, 9.17) is 5.11 Å². The molecule has 0 saturated carbocycles. The number of aryl methyl sites for hydroxylation is 1. The van der Waals surface area contributed by atoms with E-state index in [1.807, 2.05) is 37.3 Å². The lowest BCUT2D eigenvalue weighted by Crippen LogP contribution is -2.33. The molecular weight excluding hydrogens is 300 g/mol. The van der Waals surface area contributed by atoms with Gasteiger partial charge in [0.25, 0.3) is 0 Å². The second kappa shape index (κ2) is 7.51. The summed E-state index contributed by atoms with van der Waals surface area (Å²) in [5.41, 5.74) is 0.888. The van der Waals surface area contributed by atoms with E-state index in [2.05, 4.69) is 4.98 Å². The van der Waals surface area contributed by atoms with Gasteiger partial charge in [-0.25, -0.2) is 4.98 Å². The van der Waals surface area contributed by atoms with Crippen molar-refractivity contribution < 1.29 is 14.7 Å². The molecule has 0 radical (unpaired) electrons. The molecule has 0 saturated heterocycles. The summed E-state index contributed by atoms with van der Waals surface area (Å²) in [6, 6.07) is 9.30. The van der Waals surface area contributed by atoms with Crippen molar-refractivity contribution in [3.63, 3.8) is 0 Å². The molecule has 1 heterocycles. The zero-order valence-corrected chi connectivity index (χ0v) is 12.9. The molecule has 6 heteroatoms. The Kier molecular flexibility index (Phi) is 5.43. The molecule has 5 nitrogen and oxygen atoms in total. The molecule has 0 bridgehead atoms. The number of carboxylic acids is 1. The van der Waals surface area contributed by atoms with E-state index < -0.39 is 5.97 Å². The highest BCUT2D eigenvalue weighted by Gasteiger charge is 2.14. The fraction of sp³-hybridized carbons (Fsp3) is 0.188. The summed E-state index contributed by atoms with van der Waals surface area (Å²) >= 11 is 1.47. The van der Waals surface area contributed by atoms with Crippen LogP contribution in [-0.4, -0.2) is 33.4 Å². The standard InChI is InChI=1S/C16H16N2O3S/c1-12-17-9-14(22-12)7-8-15(19)18(11-16(20)21)10-13-5-3-2-4-6-13/h2-9H,10-11H2,1H3,(H,20,21). The van der Waals surface area contributed by atoms with Crippen molar-refractivity contribution in [3.8, 4) is 0 Å². The second-order valence-corrected chi connectivity index (χ2v) is 5.95. The van der Waals surface area contributed by atoms with E-state index in [0.29, 0.717) is 0 Å². The van der Waals surface area contributed by atoms with Crippen LogP contribution in [0.5, 0.6) is 0 Å². The number of thiazole rings is 1. The van der Waals surface area contributed by atoms with E-state index >= 15 is 0 Å². The van der Waals surface area contributed by atoms with Crippen LogP contribution in [0.4, 0.5) is 0 Å². The number of aliphatic carboxylic acids is 1. The fourth-order valence-electron chi connectivity index (χ4n) is 1.89. The lowest BCUT2D eigenvalue weighted by atomic mass is 10.2. The highest BCUT2D eigenvalue weighted by atomic mass is 32.1. The lowest BCUT2D eigenvalue weighted by molar-refractivity contribution is -0.143. The van der Waals surface area contributed by atoms with Crippen molar-refractivity contribution in [1.82, 2.24) is 9.88 Å². The van der Waals surface area contributed by atoms with Gasteiger partial charge in [0.2, 0.25) is 5.91 Å². The van der Waals surface area contributed by atoms with Gasteiger partial charge in [-0.15, -0.1) is 11.3 Å². The molecule has 2 aromatic rings. The van der Waals surface area contributed by atoms with Crippen molar-refractivity contribution in [3.05, 3.63) is 58.1 Å². The zero-order valence-electron chi connectivity index (χ0n) is 12.1. The van der Waals surface area contributed by atoms with Gasteiger partial charge < -0.3 is 10.0 Å². The van der Waals surface area contributed by atoms with E-state index in [1.54, 1.807) is 12.3 Å². The highest BCUT2D eigenvalue weighted by Crippen LogP contribution is 2.13. The SMILES string of the molecule is Cc1ncc(C=CC(=O)N(CC(=O)O)Cc2ccccc2)s1. The Bertz CT molecular complexity index is 680. The van der Waals surface area contributed by atoms with E-state index in [-0.39, 0.29) is 19.0 Å². The van der Waals surface area contributed by atoms with Crippen LogP contribution >= 0.6 is 11.3 Å². The summed E-state index contributed by atoms with van der Waals surface area (Å²) in [4.78, 5) is 29.4. The third kappa shape index (κ3) is 4.82. The third-order valence-corrected chi connectivity index (χ3v) is 3.76. The summed E-state index contributed by atoms with van der Waals surface area (Å²) in [6.07, 6.45) is 4.73. The van der Waals surface area contributed by atoms with Crippen LogP contribution in [0.3, 0.4) is 0 Å². The van der Waals surface area contributed by atoms with Crippen molar-refractivity contribution in [2.75, 3.05) is 6.54 Å². The third-order valence-electron chi connectivity index (χ3n) is 2.88. The first-order valence-corrected chi connectivity index (χ1v) is 7.51. The molecule has 1 amide bonds. The van der Waals surface area contributed by atoms with E-state index in [9.17, 15) is 9.59 Å². The van der Waals surface area contributed by atoms with Crippen LogP contribution in [0.15, 0.2) is 42.6 Å². The van der Waals surface area contributed by atoms with Crippen molar-refractivity contribution in [2.24, 2.45) is 0 Å². The monoisotopic (exact) mass is 316 g/mol. The molecule has 1 aromatic heterocycles. The molecule has 0 aliphatic rings. The summed E-state index contributed by atoms with van der Waals surface area (Å²) in [5, 5.41) is 9.89. The molecule has 2 rings (SSSR count). The van der Waals surface area contributed by atoms with Crippen LogP contribution in [0.2, 0.25) is 0 Å². The number of aromatic nitrogens is 1. The largest absolute Gasteiger partial charge is 0.480 e. The molecule has 22 heavy (non-hydrogen) atoms. The Morgan fingerprint density at radius 1 is 1.32 bits per heavy atom. The average molecular weight is 316 g/mol.